The summed E-state index contributed by atoms with van der Waals surface area (Å²) < 4.78 is 5.07. The monoisotopic (exact) mass is 339 g/mol. The average molecular weight is 340 g/mol. The van der Waals surface area contributed by atoms with Crippen LogP contribution in [-0.4, -0.2) is 30.1 Å². The summed E-state index contributed by atoms with van der Waals surface area (Å²) in [6.45, 7) is 0.340. The smallest absolute Gasteiger partial charge is 0.257 e. The van der Waals surface area contributed by atoms with Gasteiger partial charge >= 0.3 is 0 Å². The van der Waals surface area contributed by atoms with Crippen molar-refractivity contribution >= 4 is 29.1 Å². The fourth-order valence-electron chi connectivity index (χ4n) is 2.00. The van der Waals surface area contributed by atoms with Crippen molar-refractivity contribution in [3.8, 4) is 11.5 Å². The highest BCUT2D eigenvalue weighted by Gasteiger charge is 2.17. The minimum atomic E-state index is -0.317. The Morgan fingerprint density at radius 1 is 1.18 bits per heavy atom. The number of benzene rings is 2. The number of halogens is 2. The van der Waals surface area contributed by atoms with Crippen LogP contribution in [0.1, 0.15) is 15.9 Å². The predicted molar refractivity (Wildman–Crippen MR) is 86.9 cm³/mol. The van der Waals surface area contributed by atoms with E-state index in [9.17, 15) is 9.90 Å². The third kappa shape index (κ3) is 3.64. The Hall–Kier alpha value is -1.91. The van der Waals surface area contributed by atoms with E-state index in [0.29, 0.717) is 22.3 Å². The first-order valence-electron chi connectivity index (χ1n) is 6.48. The van der Waals surface area contributed by atoms with Crippen molar-refractivity contribution in [1.82, 2.24) is 4.90 Å². The van der Waals surface area contributed by atoms with E-state index < -0.39 is 0 Å². The Morgan fingerprint density at radius 3 is 2.55 bits per heavy atom. The lowest BCUT2D eigenvalue weighted by atomic mass is 10.1. The topological polar surface area (TPSA) is 49.8 Å². The van der Waals surface area contributed by atoms with Gasteiger partial charge in [0.2, 0.25) is 0 Å². The highest BCUT2D eigenvalue weighted by atomic mass is 35.5. The molecule has 0 fully saturated rings. The van der Waals surface area contributed by atoms with Crippen LogP contribution in [0.2, 0.25) is 10.0 Å². The highest BCUT2D eigenvalue weighted by molar-refractivity contribution is 6.42. The highest BCUT2D eigenvalue weighted by Crippen LogP contribution is 2.26. The van der Waals surface area contributed by atoms with Gasteiger partial charge in [-0.15, -0.1) is 0 Å². The number of carbonyl (C=O) groups is 1. The quantitative estimate of drug-likeness (QED) is 0.916. The van der Waals surface area contributed by atoms with Crippen molar-refractivity contribution in [2.24, 2.45) is 0 Å². The van der Waals surface area contributed by atoms with Crippen LogP contribution < -0.4 is 4.74 Å². The van der Waals surface area contributed by atoms with E-state index in [0.717, 1.165) is 5.56 Å². The van der Waals surface area contributed by atoms with Gasteiger partial charge in [-0.1, -0.05) is 29.3 Å². The standard InChI is InChI=1S/C16H15Cl2NO3/c1-19(9-10-3-5-13(17)14(18)7-10)16(21)12-8-11(22-2)4-6-15(12)20/h3-8,20H,9H2,1-2H3. The lowest BCUT2D eigenvalue weighted by Gasteiger charge is -2.18. The zero-order valence-corrected chi connectivity index (χ0v) is 13.6. The lowest BCUT2D eigenvalue weighted by Crippen LogP contribution is -2.26. The summed E-state index contributed by atoms with van der Waals surface area (Å²) in [5.41, 5.74) is 1.02. The maximum absolute atomic E-state index is 12.4. The Kier molecular flexibility index (Phi) is 5.16. The molecule has 2 aromatic carbocycles. The van der Waals surface area contributed by atoms with E-state index in [-0.39, 0.29) is 17.2 Å². The number of phenols is 1. The van der Waals surface area contributed by atoms with Crippen LogP contribution in [0.3, 0.4) is 0 Å². The molecule has 1 amide bonds. The number of hydrogen-bond acceptors (Lipinski definition) is 3. The zero-order valence-electron chi connectivity index (χ0n) is 12.1. The van der Waals surface area contributed by atoms with Gasteiger partial charge in [0.15, 0.2) is 0 Å². The molecule has 1 N–H and O–H groups in total. The van der Waals surface area contributed by atoms with Gasteiger partial charge < -0.3 is 14.7 Å². The summed E-state index contributed by atoms with van der Waals surface area (Å²) in [4.78, 5) is 13.9. The summed E-state index contributed by atoms with van der Waals surface area (Å²) in [5, 5.41) is 10.8. The normalized spacial score (nSPS) is 10.4. The number of ether oxygens (including phenoxy) is 1. The van der Waals surface area contributed by atoms with Crippen molar-refractivity contribution in [3.63, 3.8) is 0 Å². The first-order chi connectivity index (χ1) is 10.4. The van der Waals surface area contributed by atoms with E-state index >= 15 is 0 Å². The average Bonchev–Trinajstić information content (AvgIpc) is 2.50. The number of amides is 1. The molecule has 0 saturated carbocycles. The molecule has 6 heteroatoms. The summed E-state index contributed by atoms with van der Waals surface area (Å²) in [5.74, 6) is 0.0957. The van der Waals surface area contributed by atoms with Crippen molar-refractivity contribution in [2.75, 3.05) is 14.2 Å². The summed E-state index contributed by atoms with van der Waals surface area (Å²) in [6, 6.07) is 9.70. The number of phenolic OH excluding ortho intramolecular Hbond substituents is 1. The van der Waals surface area contributed by atoms with Crippen molar-refractivity contribution < 1.29 is 14.6 Å². The number of hydrogen-bond donors (Lipinski definition) is 1. The third-order valence-corrected chi connectivity index (χ3v) is 3.92. The largest absolute Gasteiger partial charge is 0.507 e. The molecule has 0 heterocycles. The molecule has 0 unspecified atom stereocenters. The number of nitrogens with zero attached hydrogens (tertiary/aromatic N) is 1. The maximum atomic E-state index is 12.4. The van der Waals surface area contributed by atoms with E-state index in [1.54, 1.807) is 31.3 Å². The van der Waals surface area contributed by atoms with Crippen LogP contribution in [0.25, 0.3) is 0 Å². The second kappa shape index (κ2) is 6.90. The van der Waals surface area contributed by atoms with Crippen LogP contribution in [0.15, 0.2) is 36.4 Å². The van der Waals surface area contributed by atoms with Crippen LogP contribution in [-0.2, 0) is 6.54 Å². The Labute approximate surface area is 138 Å². The molecule has 0 aliphatic heterocycles. The first kappa shape index (κ1) is 16.5. The number of rotatable bonds is 4. The third-order valence-electron chi connectivity index (χ3n) is 3.18. The molecule has 22 heavy (non-hydrogen) atoms. The summed E-state index contributed by atoms with van der Waals surface area (Å²) in [7, 11) is 3.14. The van der Waals surface area contributed by atoms with E-state index in [1.807, 2.05) is 0 Å². The Morgan fingerprint density at radius 2 is 1.91 bits per heavy atom. The number of aromatic hydroxyl groups is 1. The van der Waals surface area contributed by atoms with Crippen molar-refractivity contribution in [2.45, 2.75) is 6.54 Å². The second-order valence-electron chi connectivity index (χ2n) is 4.79. The van der Waals surface area contributed by atoms with Gasteiger partial charge in [-0.25, -0.2) is 0 Å². The molecule has 0 saturated heterocycles. The van der Waals surface area contributed by atoms with Gasteiger partial charge in [0.25, 0.3) is 5.91 Å². The van der Waals surface area contributed by atoms with Gasteiger partial charge in [0, 0.05) is 13.6 Å². The molecule has 2 aromatic rings. The molecule has 116 valence electrons. The molecular formula is C16H15Cl2NO3. The molecule has 4 nitrogen and oxygen atoms in total. The molecule has 0 aliphatic rings. The van der Waals surface area contributed by atoms with E-state index in [4.69, 9.17) is 27.9 Å². The fourth-order valence-corrected chi connectivity index (χ4v) is 2.32. The summed E-state index contributed by atoms with van der Waals surface area (Å²) in [6.07, 6.45) is 0. The van der Waals surface area contributed by atoms with Crippen LogP contribution in [0.4, 0.5) is 0 Å². The molecule has 0 aromatic heterocycles. The van der Waals surface area contributed by atoms with Gasteiger partial charge in [0.05, 0.1) is 22.7 Å². The van der Waals surface area contributed by atoms with E-state index in [1.165, 1.54) is 24.1 Å². The van der Waals surface area contributed by atoms with Gasteiger partial charge in [-0.3, -0.25) is 4.79 Å². The fraction of sp³-hybridized carbons (Fsp3) is 0.188. The Bertz CT molecular complexity index is 704. The van der Waals surface area contributed by atoms with Crippen LogP contribution in [0.5, 0.6) is 11.5 Å². The molecule has 0 bridgehead atoms. The number of methoxy groups -OCH3 is 1. The van der Waals surface area contributed by atoms with Crippen LogP contribution in [0, 0.1) is 0 Å². The zero-order chi connectivity index (χ0) is 16.3. The second-order valence-corrected chi connectivity index (χ2v) is 5.61. The lowest BCUT2D eigenvalue weighted by molar-refractivity contribution is 0.0781. The van der Waals surface area contributed by atoms with Crippen molar-refractivity contribution in [1.29, 1.82) is 0 Å². The van der Waals surface area contributed by atoms with Gasteiger partial charge in [0.1, 0.15) is 11.5 Å². The van der Waals surface area contributed by atoms with E-state index in [2.05, 4.69) is 0 Å². The minimum Gasteiger partial charge on any atom is -0.507 e. The molecule has 2 rings (SSSR count). The SMILES string of the molecule is COc1ccc(O)c(C(=O)N(C)Cc2ccc(Cl)c(Cl)c2)c1. The molecular weight excluding hydrogens is 325 g/mol. The molecule has 0 spiro atoms. The summed E-state index contributed by atoms with van der Waals surface area (Å²) >= 11 is 11.8. The van der Waals surface area contributed by atoms with Crippen LogP contribution >= 0.6 is 23.2 Å². The number of carbonyl (C=O) groups excluding carboxylic acids is 1. The predicted octanol–water partition coefficient (Wildman–Crippen LogP) is 3.98. The van der Waals surface area contributed by atoms with Gasteiger partial charge in [-0.05, 0) is 35.9 Å². The van der Waals surface area contributed by atoms with Gasteiger partial charge in [-0.2, -0.15) is 0 Å². The Balaban J connectivity index is 2.20. The van der Waals surface area contributed by atoms with Crippen molar-refractivity contribution in [3.05, 3.63) is 57.6 Å². The molecule has 0 atom stereocenters. The molecule has 0 aliphatic carbocycles. The molecule has 0 radical (unpaired) electrons. The maximum Gasteiger partial charge on any atom is 0.257 e. The minimum absolute atomic E-state index is 0.0909. The first-order valence-corrected chi connectivity index (χ1v) is 7.24.